The van der Waals surface area contributed by atoms with E-state index in [4.69, 9.17) is 17.3 Å². The minimum absolute atomic E-state index is 0.264. The number of hydrogen-bond donors (Lipinski definition) is 2. The number of rotatable bonds is 2. The smallest absolute Gasteiger partial charge is 0.257 e. The molecule has 18 heavy (non-hydrogen) atoms. The van der Waals surface area contributed by atoms with Gasteiger partial charge in [0.15, 0.2) is 0 Å². The summed E-state index contributed by atoms with van der Waals surface area (Å²) in [5.41, 5.74) is 8.04. The molecule has 1 heterocycles. The van der Waals surface area contributed by atoms with Crippen molar-refractivity contribution in [2.75, 3.05) is 11.1 Å². The van der Waals surface area contributed by atoms with Crippen LogP contribution >= 0.6 is 11.6 Å². The van der Waals surface area contributed by atoms with Gasteiger partial charge < -0.3 is 11.1 Å². The van der Waals surface area contributed by atoms with Crippen LogP contribution in [0, 0.1) is 6.92 Å². The standard InChI is InChI=1S/C13H12ClN3O/c1-8-6-9(14)2-3-12(8)17-13(18)10-4-5-16-7-11(10)15/h2-7H,15H2,1H3,(H,17,18). The molecule has 0 radical (unpaired) electrons. The Balaban J connectivity index is 2.24. The molecule has 1 aromatic heterocycles. The van der Waals surface area contributed by atoms with Gasteiger partial charge in [0.2, 0.25) is 0 Å². The average Bonchev–Trinajstić information content (AvgIpc) is 2.33. The highest BCUT2D eigenvalue weighted by Crippen LogP contribution is 2.21. The van der Waals surface area contributed by atoms with E-state index in [1.165, 1.54) is 12.4 Å². The van der Waals surface area contributed by atoms with E-state index < -0.39 is 0 Å². The number of nitrogens with one attached hydrogen (secondary N) is 1. The molecule has 1 amide bonds. The molecular weight excluding hydrogens is 250 g/mol. The van der Waals surface area contributed by atoms with E-state index in [9.17, 15) is 4.79 Å². The zero-order valence-corrected chi connectivity index (χ0v) is 10.5. The van der Waals surface area contributed by atoms with E-state index in [2.05, 4.69) is 10.3 Å². The first-order chi connectivity index (χ1) is 8.58. The summed E-state index contributed by atoms with van der Waals surface area (Å²) in [5, 5.41) is 3.42. The highest BCUT2D eigenvalue weighted by molar-refractivity contribution is 6.30. The molecule has 0 unspecified atom stereocenters. The fourth-order valence-electron chi connectivity index (χ4n) is 1.57. The maximum Gasteiger partial charge on any atom is 0.257 e. The van der Waals surface area contributed by atoms with Crippen LogP contribution in [0.1, 0.15) is 15.9 Å². The number of amides is 1. The summed E-state index contributed by atoms with van der Waals surface area (Å²) in [6.45, 7) is 1.87. The predicted octanol–water partition coefficient (Wildman–Crippen LogP) is 2.88. The van der Waals surface area contributed by atoms with Gasteiger partial charge in [-0.1, -0.05) is 11.6 Å². The van der Waals surface area contributed by atoms with Gasteiger partial charge in [-0.2, -0.15) is 0 Å². The molecule has 0 saturated carbocycles. The van der Waals surface area contributed by atoms with Gasteiger partial charge in [-0.05, 0) is 36.8 Å². The first-order valence-corrected chi connectivity index (χ1v) is 5.72. The number of carbonyl (C=O) groups excluding carboxylic acids is 1. The topological polar surface area (TPSA) is 68.0 Å². The number of aromatic nitrogens is 1. The van der Waals surface area contributed by atoms with Crippen molar-refractivity contribution in [3.05, 3.63) is 52.8 Å². The maximum atomic E-state index is 12.0. The normalized spacial score (nSPS) is 10.1. The number of nitrogens with zero attached hydrogens (tertiary/aromatic N) is 1. The van der Waals surface area contributed by atoms with Gasteiger partial charge in [-0.25, -0.2) is 0 Å². The summed E-state index contributed by atoms with van der Waals surface area (Å²) < 4.78 is 0. The van der Waals surface area contributed by atoms with Crippen LogP contribution in [0.3, 0.4) is 0 Å². The quantitative estimate of drug-likeness (QED) is 0.873. The number of halogens is 1. The van der Waals surface area contributed by atoms with Crippen molar-refractivity contribution < 1.29 is 4.79 Å². The number of nitrogen functional groups attached to an aromatic ring is 1. The van der Waals surface area contributed by atoms with Crippen LogP contribution in [0.15, 0.2) is 36.7 Å². The molecule has 5 heteroatoms. The second kappa shape index (κ2) is 5.06. The van der Waals surface area contributed by atoms with Crippen LogP contribution in [0.2, 0.25) is 5.02 Å². The lowest BCUT2D eigenvalue weighted by molar-refractivity contribution is 0.102. The molecule has 2 aromatic rings. The van der Waals surface area contributed by atoms with Gasteiger partial charge in [0, 0.05) is 16.9 Å². The van der Waals surface area contributed by atoms with Gasteiger partial charge >= 0.3 is 0 Å². The Bertz CT molecular complexity index is 599. The summed E-state index contributed by atoms with van der Waals surface area (Å²) >= 11 is 5.85. The molecule has 0 saturated heterocycles. The minimum Gasteiger partial charge on any atom is -0.397 e. The lowest BCUT2D eigenvalue weighted by Crippen LogP contribution is -2.14. The van der Waals surface area contributed by atoms with Crippen LogP contribution in [-0.2, 0) is 0 Å². The molecule has 2 rings (SSSR count). The summed E-state index contributed by atoms with van der Waals surface area (Å²) in [5.74, 6) is -0.264. The molecule has 0 fully saturated rings. The molecule has 1 aromatic carbocycles. The Morgan fingerprint density at radius 1 is 1.39 bits per heavy atom. The Morgan fingerprint density at radius 3 is 2.83 bits per heavy atom. The number of nitrogens with two attached hydrogens (primary N) is 1. The SMILES string of the molecule is Cc1cc(Cl)ccc1NC(=O)c1ccncc1N. The first kappa shape index (κ1) is 12.4. The van der Waals surface area contributed by atoms with Crippen molar-refractivity contribution in [3.8, 4) is 0 Å². The van der Waals surface area contributed by atoms with E-state index in [0.717, 1.165) is 5.56 Å². The van der Waals surface area contributed by atoms with Crippen molar-refractivity contribution in [1.82, 2.24) is 4.98 Å². The lowest BCUT2D eigenvalue weighted by atomic mass is 10.1. The average molecular weight is 262 g/mol. The molecule has 0 aliphatic rings. The number of hydrogen-bond acceptors (Lipinski definition) is 3. The largest absolute Gasteiger partial charge is 0.397 e. The van der Waals surface area contributed by atoms with Crippen LogP contribution in [-0.4, -0.2) is 10.9 Å². The van der Waals surface area contributed by atoms with Gasteiger partial charge in [0.25, 0.3) is 5.91 Å². The number of carbonyl (C=O) groups is 1. The summed E-state index contributed by atoms with van der Waals surface area (Å²) in [7, 11) is 0. The van der Waals surface area contributed by atoms with E-state index >= 15 is 0 Å². The Labute approximate surface area is 110 Å². The van der Waals surface area contributed by atoms with Crippen LogP contribution in [0.4, 0.5) is 11.4 Å². The third kappa shape index (κ3) is 2.60. The number of pyridine rings is 1. The van der Waals surface area contributed by atoms with Crippen molar-refractivity contribution in [2.24, 2.45) is 0 Å². The van der Waals surface area contributed by atoms with Crippen molar-refractivity contribution in [3.63, 3.8) is 0 Å². The van der Waals surface area contributed by atoms with Crippen molar-refractivity contribution in [1.29, 1.82) is 0 Å². The molecule has 0 spiro atoms. The highest BCUT2D eigenvalue weighted by atomic mass is 35.5. The third-order valence-electron chi connectivity index (χ3n) is 2.53. The number of anilines is 2. The molecule has 0 aliphatic carbocycles. The zero-order chi connectivity index (χ0) is 13.1. The number of aryl methyl sites for hydroxylation is 1. The van der Waals surface area contributed by atoms with Gasteiger partial charge in [-0.15, -0.1) is 0 Å². The molecule has 92 valence electrons. The maximum absolute atomic E-state index is 12.0. The summed E-state index contributed by atoms with van der Waals surface area (Å²) in [4.78, 5) is 15.9. The molecule has 4 nitrogen and oxygen atoms in total. The molecule has 0 bridgehead atoms. The zero-order valence-electron chi connectivity index (χ0n) is 9.77. The monoisotopic (exact) mass is 261 g/mol. The van der Waals surface area contributed by atoms with Crippen LogP contribution in [0.5, 0.6) is 0 Å². The van der Waals surface area contributed by atoms with Gasteiger partial charge in [0.05, 0.1) is 17.4 Å². The van der Waals surface area contributed by atoms with Gasteiger partial charge in [-0.3, -0.25) is 9.78 Å². The van der Waals surface area contributed by atoms with Crippen molar-refractivity contribution in [2.45, 2.75) is 6.92 Å². The fraction of sp³-hybridized carbons (Fsp3) is 0.0769. The van der Waals surface area contributed by atoms with Crippen LogP contribution < -0.4 is 11.1 Å². The van der Waals surface area contributed by atoms with E-state index in [0.29, 0.717) is 22.0 Å². The Hall–Kier alpha value is -2.07. The van der Waals surface area contributed by atoms with E-state index in [-0.39, 0.29) is 5.91 Å². The highest BCUT2D eigenvalue weighted by Gasteiger charge is 2.10. The second-order valence-corrected chi connectivity index (χ2v) is 4.31. The van der Waals surface area contributed by atoms with E-state index in [1.54, 1.807) is 24.3 Å². The predicted molar refractivity (Wildman–Crippen MR) is 72.8 cm³/mol. The summed E-state index contributed by atoms with van der Waals surface area (Å²) in [6, 6.07) is 6.84. The minimum atomic E-state index is -0.264. The molecular formula is C13H12ClN3O. The lowest BCUT2D eigenvalue weighted by Gasteiger charge is -2.09. The van der Waals surface area contributed by atoms with E-state index in [1.807, 2.05) is 6.92 Å². The Kier molecular flexibility index (Phi) is 3.48. The Morgan fingerprint density at radius 2 is 2.17 bits per heavy atom. The third-order valence-corrected chi connectivity index (χ3v) is 2.77. The molecule has 0 atom stereocenters. The first-order valence-electron chi connectivity index (χ1n) is 5.35. The van der Waals surface area contributed by atoms with Gasteiger partial charge in [0.1, 0.15) is 0 Å². The summed E-state index contributed by atoms with van der Waals surface area (Å²) in [6.07, 6.45) is 2.98. The second-order valence-electron chi connectivity index (χ2n) is 3.88. The molecule has 3 N–H and O–H groups in total. The fourth-order valence-corrected chi connectivity index (χ4v) is 1.80. The van der Waals surface area contributed by atoms with Crippen LogP contribution in [0.25, 0.3) is 0 Å². The number of benzene rings is 1. The molecule has 0 aliphatic heterocycles. The van der Waals surface area contributed by atoms with Crippen molar-refractivity contribution >= 4 is 28.9 Å².